The van der Waals surface area contributed by atoms with Crippen LogP contribution in [0.3, 0.4) is 0 Å². The van der Waals surface area contributed by atoms with Crippen LogP contribution in [-0.2, 0) is 16.1 Å². The minimum Gasteiger partial charge on any atom is -0.486 e. The Labute approximate surface area is 186 Å². The van der Waals surface area contributed by atoms with E-state index in [4.69, 9.17) is 4.74 Å². The van der Waals surface area contributed by atoms with E-state index in [0.717, 1.165) is 16.0 Å². The second kappa shape index (κ2) is 9.31. The van der Waals surface area contributed by atoms with Gasteiger partial charge in [-0.2, -0.15) is 0 Å². The van der Waals surface area contributed by atoms with Gasteiger partial charge in [-0.1, -0.05) is 72.8 Å². The summed E-state index contributed by atoms with van der Waals surface area (Å²) in [4.78, 5) is 38.4. The van der Waals surface area contributed by atoms with E-state index in [9.17, 15) is 14.4 Å². The molecule has 0 spiro atoms. The summed E-state index contributed by atoms with van der Waals surface area (Å²) < 4.78 is 5.97. The Kier molecular flexibility index (Phi) is 6.12. The molecule has 3 aromatic carbocycles. The van der Waals surface area contributed by atoms with Crippen LogP contribution in [0.5, 0.6) is 5.75 Å². The normalized spacial score (nSPS) is 16.1. The van der Waals surface area contributed by atoms with Crippen molar-refractivity contribution in [1.29, 1.82) is 0 Å². The quantitative estimate of drug-likeness (QED) is 0.466. The number of carbonyl (C=O) groups excluding carboxylic acids is 3. The van der Waals surface area contributed by atoms with Gasteiger partial charge in [-0.3, -0.25) is 19.8 Å². The molecule has 0 radical (unpaired) electrons. The van der Waals surface area contributed by atoms with Crippen LogP contribution >= 0.6 is 0 Å². The monoisotopic (exact) mass is 426 g/mol. The Bertz CT molecular complexity index is 1160. The largest absolute Gasteiger partial charge is 0.486 e. The van der Waals surface area contributed by atoms with Crippen molar-refractivity contribution >= 4 is 23.9 Å². The van der Waals surface area contributed by atoms with E-state index < -0.39 is 17.8 Å². The first-order chi connectivity index (χ1) is 15.5. The van der Waals surface area contributed by atoms with Crippen molar-refractivity contribution in [1.82, 2.24) is 10.2 Å². The second-order valence-electron chi connectivity index (χ2n) is 7.43. The molecule has 1 heterocycles. The van der Waals surface area contributed by atoms with Crippen LogP contribution < -0.4 is 10.1 Å². The predicted molar refractivity (Wildman–Crippen MR) is 120 cm³/mol. The van der Waals surface area contributed by atoms with E-state index in [2.05, 4.69) is 5.32 Å². The molecule has 1 atom stereocenters. The molecule has 1 unspecified atom stereocenters. The zero-order valence-electron chi connectivity index (χ0n) is 17.5. The first-order valence-corrected chi connectivity index (χ1v) is 10.3. The first-order valence-electron chi connectivity index (χ1n) is 10.3. The van der Waals surface area contributed by atoms with Crippen LogP contribution in [-0.4, -0.2) is 22.7 Å². The Morgan fingerprint density at radius 2 is 1.50 bits per heavy atom. The number of nitrogens with zero attached hydrogens (tertiary/aromatic N) is 1. The summed E-state index contributed by atoms with van der Waals surface area (Å²) in [7, 11) is 0. The molecule has 0 aromatic heterocycles. The first kappa shape index (κ1) is 21.1. The van der Waals surface area contributed by atoms with Gasteiger partial charge in [-0.05, 0) is 41.8 Å². The average Bonchev–Trinajstić information content (AvgIpc) is 2.82. The number of urea groups is 1. The van der Waals surface area contributed by atoms with Gasteiger partial charge < -0.3 is 4.74 Å². The van der Waals surface area contributed by atoms with E-state index in [1.165, 1.54) is 6.08 Å². The maximum Gasteiger partial charge on any atom is 0.331 e. The van der Waals surface area contributed by atoms with Gasteiger partial charge in [0.2, 0.25) is 0 Å². The van der Waals surface area contributed by atoms with Gasteiger partial charge in [0.05, 0.1) is 6.54 Å². The summed E-state index contributed by atoms with van der Waals surface area (Å²) in [5.74, 6) is -0.660. The number of amides is 4. The van der Waals surface area contributed by atoms with E-state index in [0.29, 0.717) is 11.3 Å². The molecule has 0 bridgehead atoms. The van der Waals surface area contributed by atoms with Crippen LogP contribution in [0.1, 0.15) is 29.7 Å². The highest BCUT2D eigenvalue weighted by molar-refractivity contribution is 6.30. The molecule has 0 aliphatic carbocycles. The van der Waals surface area contributed by atoms with E-state index >= 15 is 0 Å². The highest BCUT2D eigenvalue weighted by atomic mass is 16.5. The molecule has 3 aromatic rings. The van der Waals surface area contributed by atoms with Gasteiger partial charge in [0.15, 0.2) is 0 Å². The lowest BCUT2D eigenvalue weighted by molar-refractivity contribution is -0.130. The third-order valence-electron chi connectivity index (χ3n) is 5.14. The molecule has 160 valence electrons. The summed E-state index contributed by atoms with van der Waals surface area (Å²) in [6, 6.07) is 25.4. The molecular formula is C26H22N2O4. The average molecular weight is 426 g/mol. The molecule has 6 heteroatoms. The van der Waals surface area contributed by atoms with Gasteiger partial charge in [-0.25, -0.2) is 4.79 Å². The summed E-state index contributed by atoms with van der Waals surface area (Å²) in [6.07, 6.45) is 1.36. The lowest BCUT2D eigenvalue weighted by Crippen LogP contribution is -2.53. The third-order valence-corrected chi connectivity index (χ3v) is 5.14. The van der Waals surface area contributed by atoms with Crippen LogP contribution in [0.15, 0.2) is 90.5 Å². The fourth-order valence-electron chi connectivity index (χ4n) is 3.41. The van der Waals surface area contributed by atoms with Crippen molar-refractivity contribution in [3.63, 3.8) is 0 Å². The lowest BCUT2D eigenvalue weighted by Gasteiger charge is -2.26. The van der Waals surface area contributed by atoms with Crippen molar-refractivity contribution in [2.75, 3.05) is 0 Å². The lowest BCUT2D eigenvalue weighted by atomic mass is 10.1. The zero-order valence-corrected chi connectivity index (χ0v) is 17.5. The fourth-order valence-corrected chi connectivity index (χ4v) is 3.41. The fraction of sp³-hybridized carbons (Fsp3) is 0.115. The predicted octanol–water partition coefficient (Wildman–Crippen LogP) is 4.49. The number of nitrogens with one attached hydrogen (secondary N) is 1. The number of hydrogen-bond acceptors (Lipinski definition) is 4. The van der Waals surface area contributed by atoms with Gasteiger partial charge in [0, 0.05) is 0 Å². The molecule has 32 heavy (non-hydrogen) atoms. The number of barbiturate groups is 1. The molecule has 4 rings (SSSR count). The molecule has 6 nitrogen and oxygen atoms in total. The summed E-state index contributed by atoms with van der Waals surface area (Å²) in [5, 5.41) is 2.24. The van der Waals surface area contributed by atoms with Crippen LogP contribution in [0.4, 0.5) is 4.79 Å². The molecule has 0 saturated carbocycles. The Balaban J connectivity index is 1.49. The standard InChI is InChI=1S/C26H22N2O4/c1-18(21-10-6-3-7-11-21)32-22-14-12-19(13-15-22)16-23-24(29)27-26(31)28(25(23)30)17-20-8-4-2-5-9-20/h2-16,18H,17H2,1H3,(H,27,29,31). The van der Waals surface area contributed by atoms with Crippen molar-refractivity contribution in [3.05, 3.63) is 107 Å². The summed E-state index contributed by atoms with van der Waals surface area (Å²) >= 11 is 0. The number of imide groups is 2. The van der Waals surface area contributed by atoms with E-state index in [1.54, 1.807) is 24.3 Å². The second-order valence-corrected chi connectivity index (χ2v) is 7.43. The maximum atomic E-state index is 12.9. The van der Waals surface area contributed by atoms with Crippen LogP contribution in [0.2, 0.25) is 0 Å². The molecule has 4 amide bonds. The highest BCUT2D eigenvalue weighted by Crippen LogP contribution is 2.23. The minimum absolute atomic E-state index is 0.0836. The molecule has 1 N–H and O–H groups in total. The van der Waals surface area contributed by atoms with Crippen LogP contribution in [0, 0.1) is 0 Å². The molecule has 1 aliphatic heterocycles. The van der Waals surface area contributed by atoms with Gasteiger partial charge >= 0.3 is 6.03 Å². The Morgan fingerprint density at radius 3 is 2.16 bits per heavy atom. The number of hydrogen-bond donors (Lipinski definition) is 1. The zero-order chi connectivity index (χ0) is 22.5. The molecule has 1 aliphatic rings. The van der Waals surface area contributed by atoms with Gasteiger partial charge in [-0.15, -0.1) is 0 Å². The minimum atomic E-state index is -0.723. The smallest absolute Gasteiger partial charge is 0.331 e. The van der Waals surface area contributed by atoms with Crippen LogP contribution in [0.25, 0.3) is 6.08 Å². The maximum absolute atomic E-state index is 12.9. The Morgan fingerprint density at radius 1 is 0.875 bits per heavy atom. The SMILES string of the molecule is CC(Oc1ccc(C=C2C(=O)NC(=O)N(Cc3ccccc3)C2=O)cc1)c1ccccc1. The topological polar surface area (TPSA) is 75.7 Å². The van der Waals surface area contributed by atoms with Crippen molar-refractivity contribution in [3.8, 4) is 5.75 Å². The van der Waals surface area contributed by atoms with Crippen molar-refractivity contribution in [2.24, 2.45) is 0 Å². The number of ether oxygens (including phenoxy) is 1. The summed E-state index contributed by atoms with van der Waals surface area (Å²) in [6.45, 7) is 2.05. The molecular weight excluding hydrogens is 404 g/mol. The number of benzene rings is 3. The third kappa shape index (κ3) is 4.75. The van der Waals surface area contributed by atoms with E-state index in [-0.39, 0.29) is 18.2 Å². The Hall–Kier alpha value is -4.19. The molecule has 1 saturated heterocycles. The highest BCUT2D eigenvalue weighted by Gasteiger charge is 2.35. The number of rotatable bonds is 6. The molecule has 1 fully saturated rings. The van der Waals surface area contributed by atoms with Gasteiger partial charge in [0.25, 0.3) is 11.8 Å². The summed E-state index contributed by atoms with van der Waals surface area (Å²) in [5.41, 5.74) is 2.41. The van der Waals surface area contributed by atoms with Gasteiger partial charge in [0.1, 0.15) is 17.4 Å². The van der Waals surface area contributed by atoms with Crippen molar-refractivity contribution < 1.29 is 19.1 Å². The van der Waals surface area contributed by atoms with E-state index in [1.807, 2.05) is 67.6 Å². The number of carbonyl (C=O) groups is 3. The van der Waals surface area contributed by atoms with Crippen molar-refractivity contribution in [2.45, 2.75) is 19.6 Å².